The van der Waals surface area contributed by atoms with Gasteiger partial charge in [0, 0.05) is 4.47 Å². The van der Waals surface area contributed by atoms with Gasteiger partial charge >= 0.3 is 0 Å². The molecule has 0 fully saturated rings. The molecule has 1 atom stereocenters. The van der Waals surface area contributed by atoms with Crippen molar-refractivity contribution in [1.82, 2.24) is 0 Å². The number of aliphatic hydroxyl groups excluding tert-OH is 1. The fraction of sp³-hybridized carbons (Fsp3) is 0.143. The molecule has 0 bridgehead atoms. The zero-order chi connectivity index (χ0) is 7.56. The van der Waals surface area contributed by atoms with E-state index in [4.69, 9.17) is 6.48 Å². The molecule has 1 N–H and O–H groups in total. The Labute approximate surface area is 63.9 Å². The quantitative estimate of drug-likeness (QED) is 0.713. The van der Waals surface area contributed by atoms with Gasteiger partial charge < -0.3 is 5.11 Å². The first-order valence-electron chi connectivity index (χ1n) is 3.14. The van der Waals surface area contributed by atoms with Crippen molar-refractivity contribution in [3.05, 3.63) is 34.3 Å². The summed E-state index contributed by atoms with van der Waals surface area (Å²) >= 11 is 3.22. The first-order chi connectivity index (χ1) is 4.72. The molecule has 0 aliphatic rings. The number of hydrogen-bond acceptors (Lipinski definition) is 1. The van der Waals surface area contributed by atoms with Crippen LogP contribution in [0.25, 0.3) is 0 Å². The maximum Gasteiger partial charge on any atom is 0.0692 e. The molecule has 0 saturated heterocycles. The average Bonchev–Trinajstić information content (AvgIpc) is 1.88. The molecule has 0 heterocycles. The summed E-state index contributed by atoms with van der Waals surface area (Å²) in [6.07, 6.45) is 0. The van der Waals surface area contributed by atoms with Crippen molar-refractivity contribution < 1.29 is 6.48 Å². The smallest absolute Gasteiger partial charge is 0.0692 e. The summed E-state index contributed by atoms with van der Waals surface area (Å²) in [7, 11) is 0. The molecule has 1 aromatic carbocycles. The number of aliphatic hydroxyl groups is 1. The Balaban J connectivity index is 3.03. The van der Waals surface area contributed by atoms with Crippen LogP contribution >= 0.6 is 15.9 Å². The predicted molar refractivity (Wildman–Crippen MR) is 40.1 cm³/mol. The van der Waals surface area contributed by atoms with E-state index < -0.39 is 6.58 Å². The molecule has 0 amide bonds. The molecule has 9 heavy (non-hydrogen) atoms. The van der Waals surface area contributed by atoms with Crippen LogP contribution in [0.1, 0.15) is 6.93 Å². The molecule has 1 aromatic rings. The lowest BCUT2D eigenvalue weighted by Gasteiger charge is -1.96. The Morgan fingerprint density at radius 3 is 2.67 bits per heavy atom. The van der Waals surface area contributed by atoms with Crippen LogP contribution in [0.4, 0.5) is 0 Å². The maximum atomic E-state index is 8.84. The number of rotatable bonds is 1. The molecule has 0 spiro atoms. The monoisotopic (exact) mass is 187 g/mol. The van der Waals surface area contributed by atoms with Crippen molar-refractivity contribution >= 4 is 15.9 Å². The minimum atomic E-state index is -1.14. The fourth-order valence-corrected chi connectivity index (χ4v) is 0.967. The molecule has 0 radical (unpaired) electrons. The van der Waals surface area contributed by atoms with Crippen LogP contribution in [-0.4, -0.2) is 5.11 Å². The van der Waals surface area contributed by atoms with E-state index in [1.54, 1.807) is 18.2 Å². The second-order valence-electron chi connectivity index (χ2n) is 1.65. The van der Waals surface area contributed by atoms with Crippen molar-refractivity contribution in [2.24, 2.45) is 0 Å². The molecule has 48 valence electrons. The van der Waals surface area contributed by atoms with Gasteiger partial charge in [-0.15, -0.1) is 0 Å². The molecule has 2 heteroatoms. The van der Waals surface area contributed by atoms with E-state index in [9.17, 15) is 0 Å². The first kappa shape index (κ1) is 5.45. The van der Waals surface area contributed by atoms with Crippen LogP contribution in [0.15, 0.2) is 28.7 Å². The van der Waals surface area contributed by atoms with Gasteiger partial charge in [0.05, 0.1) is 7.95 Å². The topological polar surface area (TPSA) is 20.2 Å². The van der Waals surface area contributed by atoms with E-state index in [1.807, 2.05) is 6.07 Å². The van der Waals surface area contributed by atoms with E-state index in [0.29, 0.717) is 5.56 Å². The zero-order valence-electron chi connectivity index (χ0n) is 5.71. The second kappa shape index (κ2) is 2.99. The Morgan fingerprint density at radius 1 is 1.56 bits per heavy atom. The van der Waals surface area contributed by atoms with Gasteiger partial charge in [-0.3, -0.25) is 0 Å². The lowest BCUT2D eigenvalue weighted by molar-refractivity contribution is 0.281. The third kappa shape index (κ3) is 1.53. The Bertz CT molecular complexity index is 225. The van der Waals surface area contributed by atoms with Crippen molar-refractivity contribution in [3.8, 4) is 0 Å². The van der Waals surface area contributed by atoms with Gasteiger partial charge in [-0.25, -0.2) is 0 Å². The molecule has 0 unspecified atom stereocenters. The Hall–Kier alpha value is -0.340. The maximum absolute atomic E-state index is 8.84. The average molecular weight is 188 g/mol. The van der Waals surface area contributed by atoms with Crippen molar-refractivity contribution in [2.45, 2.75) is 6.58 Å². The molecule has 0 aromatic heterocycles. The van der Waals surface area contributed by atoms with Crippen LogP contribution in [-0.2, 0) is 6.58 Å². The Morgan fingerprint density at radius 2 is 2.22 bits per heavy atom. The number of halogens is 1. The Kier molecular flexibility index (Phi) is 1.81. The van der Waals surface area contributed by atoms with Crippen molar-refractivity contribution in [2.75, 3.05) is 0 Å². The minimum Gasteiger partial charge on any atom is -0.392 e. The highest BCUT2D eigenvalue weighted by Gasteiger charge is 1.92. The highest BCUT2D eigenvalue weighted by molar-refractivity contribution is 9.10. The summed E-state index contributed by atoms with van der Waals surface area (Å²) in [5.41, 5.74) is 0.600. The normalized spacial score (nSPS) is 14.7. The predicted octanol–water partition coefficient (Wildman–Crippen LogP) is 1.94. The van der Waals surface area contributed by atoms with E-state index in [-0.39, 0.29) is 0 Å². The summed E-state index contributed by atoms with van der Waals surface area (Å²) in [5, 5.41) is 8.84. The van der Waals surface area contributed by atoms with Crippen LogP contribution in [0.3, 0.4) is 0 Å². The van der Waals surface area contributed by atoms with Crippen molar-refractivity contribution in [1.29, 1.82) is 0 Å². The lowest BCUT2D eigenvalue weighted by Crippen LogP contribution is -1.81. The third-order valence-corrected chi connectivity index (χ3v) is 1.77. The summed E-state index contributed by atoms with van der Waals surface area (Å²) in [6.45, 7) is -1.14. The van der Waals surface area contributed by atoms with Gasteiger partial charge in [-0.05, 0) is 11.6 Å². The lowest BCUT2D eigenvalue weighted by atomic mass is 10.2. The van der Waals surface area contributed by atoms with Gasteiger partial charge in [0.15, 0.2) is 0 Å². The highest BCUT2D eigenvalue weighted by Crippen LogP contribution is 2.14. The van der Waals surface area contributed by atoms with Crippen LogP contribution in [0.2, 0.25) is 0 Å². The largest absolute Gasteiger partial charge is 0.392 e. The molecule has 0 saturated carbocycles. The fourth-order valence-electron chi connectivity index (χ4n) is 0.580. The molecular formula is C7H7BrO. The van der Waals surface area contributed by atoms with Gasteiger partial charge in [-0.1, -0.05) is 34.1 Å². The molecule has 0 aliphatic carbocycles. The van der Waals surface area contributed by atoms with Crippen LogP contribution in [0, 0.1) is 0 Å². The van der Waals surface area contributed by atoms with Gasteiger partial charge in [0.2, 0.25) is 0 Å². The van der Waals surface area contributed by atoms with Crippen LogP contribution < -0.4 is 0 Å². The molecule has 0 aliphatic heterocycles. The van der Waals surface area contributed by atoms with E-state index in [0.717, 1.165) is 4.47 Å². The molecule has 1 rings (SSSR count). The zero-order valence-corrected chi connectivity index (χ0v) is 6.30. The molecule has 1 nitrogen and oxygen atoms in total. The molecular weight excluding hydrogens is 180 g/mol. The standard InChI is InChI=1S/C7H7BrO/c8-7-4-2-1-3-6(7)5-9/h1-4,9H,5H2/i5D/t5-/m0/s1. The summed E-state index contributed by atoms with van der Waals surface area (Å²) < 4.78 is 7.76. The number of hydrogen-bond donors (Lipinski definition) is 1. The van der Waals surface area contributed by atoms with E-state index in [2.05, 4.69) is 15.9 Å². The highest BCUT2D eigenvalue weighted by atomic mass is 79.9. The van der Waals surface area contributed by atoms with E-state index >= 15 is 0 Å². The number of benzene rings is 1. The first-order valence-corrected chi connectivity index (χ1v) is 3.36. The van der Waals surface area contributed by atoms with Crippen molar-refractivity contribution in [3.63, 3.8) is 0 Å². The summed E-state index contributed by atoms with van der Waals surface area (Å²) in [5.74, 6) is 0. The summed E-state index contributed by atoms with van der Waals surface area (Å²) in [6, 6.07) is 7.14. The summed E-state index contributed by atoms with van der Waals surface area (Å²) in [4.78, 5) is 0. The minimum absolute atomic E-state index is 0.600. The van der Waals surface area contributed by atoms with Crippen LogP contribution in [0.5, 0.6) is 0 Å². The SMILES string of the molecule is [2H][C@H](O)c1ccccc1Br. The third-order valence-electron chi connectivity index (χ3n) is 1.04. The van der Waals surface area contributed by atoms with E-state index in [1.165, 1.54) is 0 Å². The van der Waals surface area contributed by atoms with Gasteiger partial charge in [0.1, 0.15) is 0 Å². The van der Waals surface area contributed by atoms with Gasteiger partial charge in [0.25, 0.3) is 0 Å². The van der Waals surface area contributed by atoms with Gasteiger partial charge in [-0.2, -0.15) is 0 Å². The second-order valence-corrected chi connectivity index (χ2v) is 2.50.